The zero-order chi connectivity index (χ0) is 19.3. The Kier molecular flexibility index (Phi) is 6.99. The maximum atomic E-state index is 12.3. The number of aliphatic carboxylic acids is 1. The van der Waals surface area contributed by atoms with Gasteiger partial charge in [0.15, 0.2) is 6.04 Å². The van der Waals surface area contributed by atoms with Gasteiger partial charge in [-0.2, -0.15) is 0 Å². The van der Waals surface area contributed by atoms with Gasteiger partial charge in [0.05, 0.1) is 6.10 Å². The molecule has 1 fully saturated rings. The Morgan fingerprint density at radius 1 is 1.46 bits per heavy atom. The minimum Gasteiger partial charge on any atom is -0.480 e. The molecule has 3 atom stereocenters. The highest BCUT2D eigenvalue weighted by atomic mass is 35.5. The van der Waals surface area contributed by atoms with Crippen molar-refractivity contribution in [2.75, 3.05) is 7.11 Å². The fourth-order valence-electron chi connectivity index (χ4n) is 3.02. The van der Waals surface area contributed by atoms with E-state index >= 15 is 0 Å². The van der Waals surface area contributed by atoms with Crippen LogP contribution in [-0.4, -0.2) is 53.1 Å². The average Bonchev–Trinajstić information content (AvgIpc) is 2.92. The summed E-state index contributed by atoms with van der Waals surface area (Å²) in [6.07, 6.45) is 0.316. The summed E-state index contributed by atoms with van der Waals surface area (Å²) < 4.78 is 5.00. The van der Waals surface area contributed by atoms with E-state index in [-0.39, 0.29) is 18.4 Å². The van der Waals surface area contributed by atoms with Crippen LogP contribution in [0.5, 0.6) is 0 Å². The van der Waals surface area contributed by atoms with Crippen LogP contribution in [0.2, 0.25) is 5.02 Å². The maximum Gasteiger partial charge on any atom is 0.328 e. The molecule has 0 radical (unpaired) electrons. The molecule has 0 aromatic heterocycles. The van der Waals surface area contributed by atoms with Crippen molar-refractivity contribution in [1.82, 2.24) is 10.2 Å². The first-order valence-corrected chi connectivity index (χ1v) is 8.78. The molecule has 1 aromatic carbocycles. The van der Waals surface area contributed by atoms with Gasteiger partial charge in [0.1, 0.15) is 0 Å². The normalized spacial score (nSPS) is 19.3. The fraction of sp³-hybridized carbons (Fsp3) is 0.500. The molecule has 1 saturated heterocycles. The standard InChI is InChI=1S/C18H23ClN2O5/c1-11(26-2)17(18(24)25)20-15(22)9-14-6-7-16(23)21(14)10-12-4-3-5-13(19)8-12/h3-5,8,11,14,17H,6-7,9-10H2,1-2H3,(H,20,22)(H,24,25)/t11-,14+,17+/m1/s1. The Hall–Kier alpha value is -2.12. The van der Waals surface area contributed by atoms with E-state index in [9.17, 15) is 19.5 Å². The van der Waals surface area contributed by atoms with E-state index in [4.69, 9.17) is 16.3 Å². The molecular weight excluding hydrogens is 360 g/mol. The van der Waals surface area contributed by atoms with Crippen LogP contribution >= 0.6 is 11.6 Å². The Morgan fingerprint density at radius 2 is 2.19 bits per heavy atom. The predicted octanol–water partition coefficient (Wildman–Crippen LogP) is 1.83. The van der Waals surface area contributed by atoms with Crippen LogP contribution in [0.3, 0.4) is 0 Å². The van der Waals surface area contributed by atoms with Gasteiger partial charge in [-0.1, -0.05) is 23.7 Å². The minimum absolute atomic E-state index is 0.0252. The summed E-state index contributed by atoms with van der Waals surface area (Å²) in [6.45, 7) is 1.94. The number of carboxylic acids is 1. The molecule has 1 aliphatic rings. The van der Waals surface area contributed by atoms with Crippen molar-refractivity contribution in [2.24, 2.45) is 0 Å². The first kappa shape index (κ1) is 20.2. The topological polar surface area (TPSA) is 95.9 Å². The molecule has 1 aromatic rings. The number of carbonyl (C=O) groups excluding carboxylic acids is 2. The number of rotatable bonds is 8. The lowest BCUT2D eigenvalue weighted by Gasteiger charge is -2.26. The third-order valence-electron chi connectivity index (χ3n) is 4.54. The van der Waals surface area contributed by atoms with E-state index in [1.54, 1.807) is 24.0 Å². The van der Waals surface area contributed by atoms with Crippen molar-refractivity contribution in [3.63, 3.8) is 0 Å². The number of hydrogen-bond acceptors (Lipinski definition) is 4. The monoisotopic (exact) mass is 382 g/mol. The lowest BCUT2D eigenvalue weighted by molar-refractivity contribution is -0.145. The second-order valence-electron chi connectivity index (χ2n) is 6.37. The third-order valence-corrected chi connectivity index (χ3v) is 4.77. The molecule has 0 spiro atoms. The predicted molar refractivity (Wildman–Crippen MR) is 95.7 cm³/mol. The summed E-state index contributed by atoms with van der Waals surface area (Å²) in [4.78, 5) is 37.4. The quantitative estimate of drug-likeness (QED) is 0.715. The van der Waals surface area contributed by atoms with Gasteiger partial charge >= 0.3 is 5.97 Å². The van der Waals surface area contributed by atoms with Gasteiger partial charge in [-0.25, -0.2) is 4.79 Å². The Labute approximate surface area is 157 Å². The van der Waals surface area contributed by atoms with Crippen LogP contribution in [-0.2, 0) is 25.7 Å². The molecule has 1 heterocycles. The molecule has 7 nitrogen and oxygen atoms in total. The molecule has 26 heavy (non-hydrogen) atoms. The number of methoxy groups -OCH3 is 1. The number of carboxylic acid groups (broad SMARTS) is 1. The van der Waals surface area contributed by atoms with E-state index in [1.807, 2.05) is 12.1 Å². The van der Waals surface area contributed by atoms with Gasteiger partial charge in [-0.3, -0.25) is 9.59 Å². The molecule has 0 saturated carbocycles. The largest absolute Gasteiger partial charge is 0.480 e. The highest BCUT2D eigenvalue weighted by Gasteiger charge is 2.34. The van der Waals surface area contributed by atoms with Crippen LogP contribution in [0.4, 0.5) is 0 Å². The number of likely N-dealkylation sites (tertiary alicyclic amines) is 1. The number of carbonyl (C=O) groups is 3. The highest BCUT2D eigenvalue weighted by Crippen LogP contribution is 2.24. The van der Waals surface area contributed by atoms with Crippen molar-refractivity contribution in [1.29, 1.82) is 0 Å². The van der Waals surface area contributed by atoms with Crippen molar-refractivity contribution in [2.45, 2.75) is 50.9 Å². The Bertz CT molecular complexity index is 681. The molecule has 2 amide bonds. The Balaban J connectivity index is 2.01. The fourth-order valence-corrected chi connectivity index (χ4v) is 3.23. The lowest BCUT2D eigenvalue weighted by Crippen LogP contribution is -2.49. The number of ether oxygens (including phenoxy) is 1. The van der Waals surface area contributed by atoms with Crippen LogP contribution in [0.15, 0.2) is 24.3 Å². The molecule has 2 rings (SSSR count). The average molecular weight is 383 g/mol. The van der Waals surface area contributed by atoms with Crippen LogP contribution in [0, 0.1) is 0 Å². The van der Waals surface area contributed by atoms with Crippen LogP contribution in [0.25, 0.3) is 0 Å². The number of amides is 2. The first-order valence-electron chi connectivity index (χ1n) is 8.40. The van der Waals surface area contributed by atoms with Gasteiger partial charge < -0.3 is 20.1 Å². The SMILES string of the molecule is CO[C@H](C)[C@H](NC(=O)C[C@@H]1CCC(=O)N1Cc1cccc(Cl)c1)C(=O)O. The van der Waals surface area contributed by atoms with E-state index in [0.717, 1.165) is 5.56 Å². The summed E-state index contributed by atoms with van der Waals surface area (Å²) in [5.74, 6) is -1.61. The molecule has 0 bridgehead atoms. The van der Waals surface area contributed by atoms with Gasteiger partial charge in [0.25, 0.3) is 0 Å². The van der Waals surface area contributed by atoms with Crippen molar-refractivity contribution in [3.8, 4) is 0 Å². The summed E-state index contributed by atoms with van der Waals surface area (Å²) in [6, 6.07) is 5.81. The molecule has 8 heteroatoms. The maximum absolute atomic E-state index is 12.3. The molecule has 142 valence electrons. The second-order valence-corrected chi connectivity index (χ2v) is 6.81. The van der Waals surface area contributed by atoms with Crippen molar-refractivity contribution in [3.05, 3.63) is 34.9 Å². The van der Waals surface area contributed by atoms with E-state index < -0.39 is 24.0 Å². The molecule has 2 N–H and O–H groups in total. The highest BCUT2D eigenvalue weighted by molar-refractivity contribution is 6.30. The minimum atomic E-state index is -1.16. The zero-order valence-electron chi connectivity index (χ0n) is 14.8. The van der Waals surface area contributed by atoms with Crippen LogP contribution in [0.1, 0.15) is 31.7 Å². The first-order chi connectivity index (χ1) is 12.3. The van der Waals surface area contributed by atoms with E-state index in [0.29, 0.717) is 24.4 Å². The van der Waals surface area contributed by atoms with Gasteiger partial charge in [0.2, 0.25) is 11.8 Å². The number of hydrogen-bond donors (Lipinski definition) is 2. The number of benzene rings is 1. The van der Waals surface area contributed by atoms with Crippen molar-refractivity contribution >= 4 is 29.4 Å². The zero-order valence-corrected chi connectivity index (χ0v) is 15.5. The second kappa shape index (κ2) is 9.00. The summed E-state index contributed by atoms with van der Waals surface area (Å²) in [5, 5.41) is 12.3. The molecular formula is C18H23ClN2O5. The number of nitrogens with zero attached hydrogens (tertiary/aromatic N) is 1. The summed E-state index contributed by atoms with van der Waals surface area (Å²) >= 11 is 5.98. The third kappa shape index (κ3) is 5.19. The van der Waals surface area contributed by atoms with E-state index in [2.05, 4.69) is 5.32 Å². The Morgan fingerprint density at radius 3 is 2.81 bits per heavy atom. The van der Waals surface area contributed by atoms with E-state index in [1.165, 1.54) is 7.11 Å². The summed E-state index contributed by atoms with van der Waals surface area (Å²) in [5.41, 5.74) is 0.884. The van der Waals surface area contributed by atoms with Crippen LogP contribution < -0.4 is 5.32 Å². The van der Waals surface area contributed by atoms with Gasteiger partial charge in [-0.05, 0) is 31.0 Å². The van der Waals surface area contributed by atoms with Crippen molar-refractivity contribution < 1.29 is 24.2 Å². The lowest BCUT2D eigenvalue weighted by atomic mass is 10.1. The number of nitrogens with one attached hydrogen (secondary N) is 1. The molecule has 0 aliphatic carbocycles. The summed E-state index contributed by atoms with van der Waals surface area (Å²) in [7, 11) is 1.38. The number of halogens is 1. The molecule has 0 unspecified atom stereocenters. The van der Waals surface area contributed by atoms with Gasteiger partial charge in [-0.15, -0.1) is 0 Å². The molecule has 1 aliphatic heterocycles. The smallest absolute Gasteiger partial charge is 0.328 e. The van der Waals surface area contributed by atoms with Gasteiger partial charge in [0, 0.05) is 37.6 Å².